The summed E-state index contributed by atoms with van der Waals surface area (Å²) >= 11 is 0. The maximum atomic E-state index is 12.6. The zero-order valence-electron chi connectivity index (χ0n) is 17.6. The summed E-state index contributed by atoms with van der Waals surface area (Å²) in [5.41, 5.74) is 0.973. The molecule has 2 heterocycles. The Balaban J connectivity index is 1.29. The minimum atomic E-state index is -0.194. The number of nitrogens with zero attached hydrogens (tertiary/aromatic N) is 2. The van der Waals surface area contributed by atoms with Crippen LogP contribution in [-0.4, -0.2) is 65.6 Å². The molecule has 1 spiro atoms. The number of hydrogen-bond acceptors (Lipinski definition) is 4. The Kier molecular flexibility index (Phi) is 5.81. The van der Waals surface area contributed by atoms with Crippen LogP contribution in [0.3, 0.4) is 0 Å². The van der Waals surface area contributed by atoms with E-state index < -0.39 is 0 Å². The highest BCUT2D eigenvalue weighted by Crippen LogP contribution is 2.40. The fourth-order valence-electron chi connectivity index (χ4n) is 4.79. The SMILES string of the molecule is CC(=O)N(C1CC1)C1CCOC2(CCN(C(=O)COc3ccc(C)cc3)CC2)C1. The van der Waals surface area contributed by atoms with Crippen molar-refractivity contribution in [2.75, 3.05) is 26.3 Å². The average Bonchev–Trinajstić information content (AvgIpc) is 3.53. The van der Waals surface area contributed by atoms with E-state index in [9.17, 15) is 9.59 Å². The molecule has 2 saturated heterocycles. The lowest BCUT2D eigenvalue weighted by Gasteiger charge is -2.48. The molecule has 1 unspecified atom stereocenters. The molecule has 1 atom stereocenters. The predicted octanol–water partition coefficient (Wildman–Crippen LogP) is 2.92. The highest BCUT2D eigenvalue weighted by Gasteiger charge is 2.45. The number of carbonyl (C=O) groups excluding carboxylic acids is 2. The standard InChI is InChI=1S/C23H32N2O4/c1-17-3-7-21(8-4-17)28-16-22(27)24-12-10-23(11-13-24)15-20(9-14-29-23)25(18(2)26)19-5-6-19/h3-4,7-8,19-20H,5-6,9-16H2,1-2H3. The van der Waals surface area contributed by atoms with Crippen molar-refractivity contribution in [2.24, 2.45) is 0 Å². The number of aryl methyl sites for hydroxylation is 1. The fraction of sp³-hybridized carbons (Fsp3) is 0.652. The number of ether oxygens (including phenoxy) is 2. The Hall–Kier alpha value is -2.08. The van der Waals surface area contributed by atoms with Crippen LogP contribution in [-0.2, 0) is 14.3 Å². The van der Waals surface area contributed by atoms with Gasteiger partial charge in [-0.05, 0) is 57.6 Å². The van der Waals surface area contributed by atoms with Crippen LogP contribution in [0.2, 0.25) is 0 Å². The Morgan fingerprint density at radius 1 is 1.14 bits per heavy atom. The number of rotatable bonds is 5. The van der Waals surface area contributed by atoms with Crippen molar-refractivity contribution in [1.29, 1.82) is 0 Å². The Bertz CT molecular complexity index is 736. The minimum Gasteiger partial charge on any atom is -0.484 e. The van der Waals surface area contributed by atoms with E-state index in [1.165, 1.54) is 5.56 Å². The molecule has 158 valence electrons. The van der Waals surface area contributed by atoms with Crippen LogP contribution >= 0.6 is 0 Å². The number of hydrogen-bond donors (Lipinski definition) is 0. The molecule has 3 fully saturated rings. The first-order valence-electron chi connectivity index (χ1n) is 10.9. The van der Waals surface area contributed by atoms with Crippen molar-refractivity contribution in [3.05, 3.63) is 29.8 Å². The van der Waals surface area contributed by atoms with Crippen molar-refractivity contribution >= 4 is 11.8 Å². The maximum absolute atomic E-state index is 12.6. The van der Waals surface area contributed by atoms with Crippen LogP contribution in [0.1, 0.15) is 51.0 Å². The number of likely N-dealkylation sites (tertiary alicyclic amines) is 1. The van der Waals surface area contributed by atoms with E-state index in [4.69, 9.17) is 9.47 Å². The summed E-state index contributed by atoms with van der Waals surface area (Å²) in [6, 6.07) is 8.46. The number of benzene rings is 1. The third kappa shape index (κ3) is 4.74. The van der Waals surface area contributed by atoms with Gasteiger partial charge in [0.15, 0.2) is 6.61 Å². The number of piperidine rings is 1. The van der Waals surface area contributed by atoms with Crippen molar-refractivity contribution in [1.82, 2.24) is 9.80 Å². The molecule has 0 N–H and O–H groups in total. The molecule has 1 aromatic carbocycles. The lowest BCUT2D eigenvalue weighted by molar-refractivity contribution is -0.155. The van der Waals surface area contributed by atoms with Gasteiger partial charge in [-0.2, -0.15) is 0 Å². The van der Waals surface area contributed by atoms with E-state index in [2.05, 4.69) is 4.90 Å². The summed E-state index contributed by atoms with van der Waals surface area (Å²) in [7, 11) is 0. The summed E-state index contributed by atoms with van der Waals surface area (Å²) in [4.78, 5) is 28.7. The second-order valence-electron chi connectivity index (χ2n) is 8.82. The normalized spacial score (nSPS) is 23.7. The van der Waals surface area contributed by atoms with Gasteiger partial charge in [-0.15, -0.1) is 0 Å². The van der Waals surface area contributed by atoms with Crippen LogP contribution in [0, 0.1) is 6.92 Å². The van der Waals surface area contributed by atoms with Crippen molar-refractivity contribution < 1.29 is 19.1 Å². The highest BCUT2D eigenvalue weighted by molar-refractivity contribution is 5.78. The van der Waals surface area contributed by atoms with E-state index in [1.54, 1.807) is 6.92 Å². The third-order valence-corrected chi connectivity index (χ3v) is 6.57. The van der Waals surface area contributed by atoms with Gasteiger partial charge < -0.3 is 19.3 Å². The lowest BCUT2D eigenvalue weighted by Crippen LogP contribution is -2.56. The predicted molar refractivity (Wildman–Crippen MR) is 110 cm³/mol. The van der Waals surface area contributed by atoms with Gasteiger partial charge in [-0.25, -0.2) is 0 Å². The summed E-state index contributed by atoms with van der Waals surface area (Å²) < 4.78 is 11.9. The van der Waals surface area contributed by atoms with Crippen LogP contribution < -0.4 is 4.74 Å². The van der Waals surface area contributed by atoms with Gasteiger partial charge in [0.25, 0.3) is 5.91 Å². The van der Waals surface area contributed by atoms with Gasteiger partial charge in [-0.3, -0.25) is 9.59 Å². The van der Waals surface area contributed by atoms with Crippen LogP contribution in [0.5, 0.6) is 5.75 Å². The molecular formula is C23H32N2O4. The largest absolute Gasteiger partial charge is 0.484 e. The molecule has 29 heavy (non-hydrogen) atoms. The van der Waals surface area contributed by atoms with E-state index >= 15 is 0 Å². The van der Waals surface area contributed by atoms with Gasteiger partial charge in [0.05, 0.1) is 5.60 Å². The minimum absolute atomic E-state index is 0.0242. The summed E-state index contributed by atoms with van der Waals surface area (Å²) in [5.74, 6) is 0.937. The van der Waals surface area contributed by atoms with Gasteiger partial charge >= 0.3 is 0 Å². The molecule has 0 radical (unpaired) electrons. The zero-order chi connectivity index (χ0) is 20.4. The van der Waals surface area contributed by atoms with Gasteiger partial charge in [0.1, 0.15) is 5.75 Å². The topological polar surface area (TPSA) is 59.1 Å². The Labute approximate surface area is 173 Å². The smallest absolute Gasteiger partial charge is 0.260 e. The molecule has 4 rings (SSSR count). The number of amides is 2. The van der Waals surface area contributed by atoms with Crippen LogP contribution in [0.4, 0.5) is 0 Å². The third-order valence-electron chi connectivity index (χ3n) is 6.57. The van der Waals surface area contributed by atoms with Crippen LogP contribution in [0.15, 0.2) is 24.3 Å². The molecule has 2 aliphatic heterocycles. The van der Waals surface area contributed by atoms with Crippen LogP contribution in [0.25, 0.3) is 0 Å². The highest BCUT2D eigenvalue weighted by atomic mass is 16.5. The van der Waals surface area contributed by atoms with Crippen molar-refractivity contribution in [3.8, 4) is 5.75 Å². The van der Waals surface area contributed by atoms with Crippen molar-refractivity contribution in [3.63, 3.8) is 0 Å². The van der Waals surface area contributed by atoms with Crippen molar-refractivity contribution in [2.45, 2.75) is 70.1 Å². The van der Waals surface area contributed by atoms with E-state index in [0.29, 0.717) is 25.7 Å². The molecule has 0 bridgehead atoms. The van der Waals surface area contributed by atoms with E-state index in [1.807, 2.05) is 36.1 Å². The average molecular weight is 401 g/mol. The molecule has 0 aromatic heterocycles. The lowest BCUT2D eigenvalue weighted by atomic mass is 9.81. The zero-order valence-corrected chi connectivity index (χ0v) is 17.6. The molecule has 1 aliphatic carbocycles. The molecular weight excluding hydrogens is 368 g/mol. The molecule has 2 amide bonds. The first-order valence-corrected chi connectivity index (χ1v) is 10.9. The van der Waals surface area contributed by atoms with Gasteiger partial charge in [-0.1, -0.05) is 17.7 Å². The summed E-state index contributed by atoms with van der Waals surface area (Å²) in [5, 5.41) is 0. The fourth-order valence-corrected chi connectivity index (χ4v) is 4.79. The van der Waals surface area contributed by atoms with E-state index in [-0.39, 0.29) is 30.1 Å². The Morgan fingerprint density at radius 2 is 1.83 bits per heavy atom. The maximum Gasteiger partial charge on any atom is 0.260 e. The van der Waals surface area contributed by atoms with Gasteiger partial charge in [0, 0.05) is 38.7 Å². The second kappa shape index (κ2) is 8.34. The van der Waals surface area contributed by atoms with Gasteiger partial charge in [0.2, 0.25) is 5.91 Å². The second-order valence-corrected chi connectivity index (χ2v) is 8.82. The summed E-state index contributed by atoms with van der Waals surface area (Å²) in [6.07, 6.45) is 5.74. The monoisotopic (exact) mass is 400 g/mol. The molecule has 6 heteroatoms. The molecule has 6 nitrogen and oxygen atoms in total. The Morgan fingerprint density at radius 3 is 2.45 bits per heavy atom. The first kappa shape index (κ1) is 20.2. The first-order chi connectivity index (χ1) is 14.0. The van der Waals surface area contributed by atoms with E-state index in [0.717, 1.165) is 44.3 Å². The molecule has 1 saturated carbocycles. The molecule has 3 aliphatic rings. The number of carbonyl (C=O) groups is 2. The quantitative estimate of drug-likeness (QED) is 0.763. The summed E-state index contributed by atoms with van der Waals surface area (Å²) in [6.45, 7) is 5.86. The molecule has 1 aromatic rings.